The average molecular weight is 388 g/mol. The Kier molecular flexibility index (Phi) is 6.09. The molecule has 1 N–H and O–H groups in total. The van der Waals surface area contributed by atoms with Crippen molar-refractivity contribution in [1.82, 2.24) is 4.98 Å². The zero-order valence-corrected chi connectivity index (χ0v) is 16.0. The van der Waals surface area contributed by atoms with E-state index in [2.05, 4.69) is 15.5 Å². The van der Waals surface area contributed by atoms with Crippen molar-refractivity contribution in [2.24, 2.45) is 5.10 Å². The van der Waals surface area contributed by atoms with E-state index in [0.29, 0.717) is 23.1 Å². The Morgan fingerprint density at radius 1 is 1.23 bits per heavy atom. The molecule has 5 nitrogen and oxygen atoms in total. The van der Waals surface area contributed by atoms with Crippen molar-refractivity contribution in [2.45, 2.75) is 13.5 Å². The predicted octanol–water partition coefficient (Wildman–Crippen LogP) is 5.14. The Morgan fingerprint density at radius 2 is 2.08 bits per heavy atom. The third-order valence-corrected chi connectivity index (χ3v) is 4.76. The normalized spacial score (nSPS) is 10.9. The molecule has 0 atom stereocenters. The number of halogens is 1. The SMILES string of the molecule is COc1cc(C=NNc2nc(C)cs2)ccc1OCc1ccccc1Cl. The fourth-order valence-electron chi connectivity index (χ4n) is 2.22. The number of rotatable bonds is 7. The minimum atomic E-state index is 0.369. The summed E-state index contributed by atoms with van der Waals surface area (Å²) in [6.07, 6.45) is 1.71. The molecule has 26 heavy (non-hydrogen) atoms. The first-order valence-corrected chi connectivity index (χ1v) is 9.17. The van der Waals surface area contributed by atoms with Crippen molar-refractivity contribution in [1.29, 1.82) is 0 Å². The highest BCUT2D eigenvalue weighted by atomic mass is 35.5. The number of hydrazone groups is 1. The quantitative estimate of drug-likeness (QED) is 0.450. The van der Waals surface area contributed by atoms with E-state index >= 15 is 0 Å². The number of hydrogen-bond donors (Lipinski definition) is 1. The lowest BCUT2D eigenvalue weighted by molar-refractivity contribution is 0.284. The van der Waals surface area contributed by atoms with Crippen LogP contribution in [0.1, 0.15) is 16.8 Å². The van der Waals surface area contributed by atoms with E-state index in [0.717, 1.165) is 22.0 Å². The van der Waals surface area contributed by atoms with Gasteiger partial charge >= 0.3 is 0 Å². The van der Waals surface area contributed by atoms with E-state index in [9.17, 15) is 0 Å². The van der Waals surface area contributed by atoms with Gasteiger partial charge in [0.25, 0.3) is 0 Å². The number of ether oxygens (including phenoxy) is 2. The van der Waals surface area contributed by atoms with E-state index < -0.39 is 0 Å². The molecule has 134 valence electrons. The van der Waals surface area contributed by atoms with Gasteiger partial charge in [-0.05, 0) is 36.8 Å². The molecule has 1 aromatic heterocycles. The Bertz CT molecular complexity index is 911. The Labute approximate surface area is 161 Å². The highest BCUT2D eigenvalue weighted by Crippen LogP contribution is 2.29. The highest BCUT2D eigenvalue weighted by molar-refractivity contribution is 7.13. The molecule has 0 unspecified atom stereocenters. The van der Waals surface area contributed by atoms with Gasteiger partial charge in [-0.1, -0.05) is 29.8 Å². The van der Waals surface area contributed by atoms with Crippen LogP contribution in [-0.4, -0.2) is 18.3 Å². The topological polar surface area (TPSA) is 55.7 Å². The molecule has 0 aliphatic carbocycles. The minimum Gasteiger partial charge on any atom is -0.493 e. The lowest BCUT2D eigenvalue weighted by atomic mass is 10.2. The summed E-state index contributed by atoms with van der Waals surface area (Å²) < 4.78 is 11.3. The smallest absolute Gasteiger partial charge is 0.203 e. The van der Waals surface area contributed by atoms with Crippen LogP contribution in [0.5, 0.6) is 11.5 Å². The van der Waals surface area contributed by atoms with Crippen LogP contribution in [0.3, 0.4) is 0 Å². The molecule has 0 aliphatic rings. The molecule has 0 amide bonds. The number of nitrogens with zero attached hydrogens (tertiary/aromatic N) is 2. The molecule has 2 aromatic carbocycles. The molecule has 3 rings (SSSR count). The second kappa shape index (κ2) is 8.69. The summed E-state index contributed by atoms with van der Waals surface area (Å²) in [5, 5.41) is 7.59. The third-order valence-electron chi connectivity index (χ3n) is 3.52. The molecule has 0 spiro atoms. The lowest BCUT2D eigenvalue weighted by Crippen LogP contribution is -1.99. The van der Waals surface area contributed by atoms with Crippen LogP contribution in [0.4, 0.5) is 5.13 Å². The van der Waals surface area contributed by atoms with E-state index in [1.807, 2.05) is 54.8 Å². The van der Waals surface area contributed by atoms with Gasteiger partial charge in [-0.15, -0.1) is 11.3 Å². The van der Waals surface area contributed by atoms with Gasteiger partial charge in [0, 0.05) is 16.0 Å². The maximum absolute atomic E-state index is 6.16. The average Bonchev–Trinajstić information content (AvgIpc) is 3.06. The third kappa shape index (κ3) is 4.74. The number of thiazole rings is 1. The number of nitrogens with one attached hydrogen (secondary N) is 1. The summed E-state index contributed by atoms with van der Waals surface area (Å²) >= 11 is 7.67. The van der Waals surface area contributed by atoms with Gasteiger partial charge in [0.2, 0.25) is 5.13 Å². The summed E-state index contributed by atoms with van der Waals surface area (Å²) in [4.78, 5) is 4.29. The predicted molar refractivity (Wildman–Crippen MR) is 107 cm³/mol. The molecule has 1 heterocycles. The number of benzene rings is 2. The summed E-state index contributed by atoms with van der Waals surface area (Å²) in [7, 11) is 1.61. The van der Waals surface area contributed by atoms with Gasteiger partial charge in [-0.2, -0.15) is 5.10 Å². The summed E-state index contributed by atoms with van der Waals surface area (Å²) in [5.41, 5.74) is 5.68. The molecule has 0 fully saturated rings. The van der Waals surface area contributed by atoms with Crippen LogP contribution in [0.15, 0.2) is 52.9 Å². The molecule has 0 saturated heterocycles. The number of aromatic nitrogens is 1. The summed E-state index contributed by atoms with van der Waals surface area (Å²) in [6, 6.07) is 13.2. The van der Waals surface area contributed by atoms with Gasteiger partial charge in [0.1, 0.15) is 6.61 Å². The van der Waals surface area contributed by atoms with Crippen molar-refractivity contribution in [3.63, 3.8) is 0 Å². The van der Waals surface area contributed by atoms with E-state index in [1.165, 1.54) is 11.3 Å². The van der Waals surface area contributed by atoms with Crippen LogP contribution in [0.2, 0.25) is 5.02 Å². The fourth-order valence-corrected chi connectivity index (χ4v) is 3.05. The Hall–Kier alpha value is -2.57. The number of anilines is 1. The van der Waals surface area contributed by atoms with Crippen LogP contribution < -0.4 is 14.9 Å². The molecule has 3 aromatic rings. The minimum absolute atomic E-state index is 0.369. The standard InChI is InChI=1S/C19H18ClN3O2S/c1-13-12-26-19(22-13)23-21-10-14-7-8-17(18(9-14)24-2)25-11-15-5-3-4-6-16(15)20/h3-10,12H,11H2,1-2H3,(H,22,23). The van der Waals surface area contributed by atoms with Gasteiger partial charge in [-0.25, -0.2) is 4.98 Å². The van der Waals surface area contributed by atoms with Gasteiger partial charge in [-0.3, -0.25) is 5.43 Å². The van der Waals surface area contributed by atoms with Gasteiger partial charge in [0.15, 0.2) is 11.5 Å². The van der Waals surface area contributed by atoms with Crippen molar-refractivity contribution in [3.8, 4) is 11.5 Å². The highest BCUT2D eigenvalue weighted by Gasteiger charge is 2.07. The Balaban J connectivity index is 1.66. The Morgan fingerprint density at radius 3 is 2.81 bits per heavy atom. The second-order valence-corrected chi connectivity index (χ2v) is 6.72. The molecule has 7 heteroatoms. The molecule has 0 radical (unpaired) electrons. The number of hydrogen-bond acceptors (Lipinski definition) is 6. The molecular formula is C19H18ClN3O2S. The largest absolute Gasteiger partial charge is 0.493 e. The van der Waals surface area contributed by atoms with E-state index in [-0.39, 0.29) is 0 Å². The van der Waals surface area contributed by atoms with Crippen LogP contribution in [0, 0.1) is 6.92 Å². The number of aryl methyl sites for hydroxylation is 1. The second-order valence-electron chi connectivity index (χ2n) is 5.45. The van der Waals surface area contributed by atoms with E-state index in [1.54, 1.807) is 13.3 Å². The van der Waals surface area contributed by atoms with Crippen LogP contribution >= 0.6 is 22.9 Å². The van der Waals surface area contributed by atoms with Crippen molar-refractivity contribution < 1.29 is 9.47 Å². The van der Waals surface area contributed by atoms with Crippen molar-refractivity contribution in [3.05, 3.63) is 69.7 Å². The number of methoxy groups -OCH3 is 1. The first kappa shape index (κ1) is 18.2. The first-order valence-electron chi connectivity index (χ1n) is 7.91. The van der Waals surface area contributed by atoms with Crippen LogP contribution in [-0.2, 0) is 6.61 Å². The molecule has 0 saturated carbocycles. The van der Waals surface area contributed by atoms with Gasteiger partial charge < -0.3 is 9.47 Å². The van der Waals surface area contributed by atoms with Crippen molar-refractivity contribution >= 4 is 34.3 Å². The lowest BCUT2D eigenvalue weighted by Gasteiger charge is -2.12. The fraction of sp³-hybridized carbons (Fsp3) is 0.158. The summed E-state index contributed by atoms with van der Waals surface area (Å²) in [6.45, 7) is 2.31. The van der Waals surface area contributed by atoms with E-state index in [4.69, 9.17) is 21.1 Å². The zero-order valence-electron chi connectivity index (χ0n) is 14.4. The molecule has 0 aliphatic heterocycles. The maximum Gasteiger partial charge on any atom is 0.203 e. The maximum atomic E-state index is 6.16. The van der Waals surface area contributed by atoms with Crippen LogP contribution in [0.25, 0.3) is 0 Å². The summed E-state index contributed by atoms with van der Waals surface area (Å²) in [5.74, 6) is 1.28. The molecule has 0 bridgehead atoms. The monoisotopic (exact) mass is 387 g/mol. The van der Waals surface area contributed by atoms with Gasteiger partial charge in [0.05, 0.1) is 19.0 Å². The molecular weight excluding hydrogens is 370 g/mol. The first-order chi connectivity index (χ1) is 12.7. The zero-order chi connectivity index (χ0) is 18.4. The van der Waals surface area contributed by atoms with Crippen molar-refractivity contribution in [2.75, 3.05) is 12.5 Å².